The van der Waals surface area contributed by atoms with Crippen molar-refractivity contribution in [3.05, 3.63) is 23.7 Å². The van der Waals surface area contributed by atoms with Crippen molar-refractivity contribution in [2.45, 2.75) is 12.4 Å². The first-order valence-corrected chi connectivity index (χ1v) is 3.49. The molecule has 5 heteroatoms. The van der Waals surface area contributed by atoms with Gasteiger partial charge in [-0.15, -0.1) is 0 Å². The van der Waals surface area contributed by atoms with Crippen molar-refractivity contribution < 1.29 is 27.0 Å². The fourth-order valence-electron chi connectivity index (χ4n) is 0.693. The quantitative estimate of drug-likeness (QED) is 0.518. The zero-order chi connectivity index (χ0) is 15.1. The molecule has 0 aliphatic heterocycles. The smallest absolute Gasteiger partial charge is 0.320 e. The third kappa shape index (κ3) is 2.37. The summed E-state index contributed by atoms with van der Waals surface area (Å²) in [5, 5.41) is 27.4. The molecule has 0 amide bonds. The maximum Gasteiger partial charge on any atom is 0.320 e. The summed E-state index contributed by atoms with van der Waals surface area (Å²) in [6.45, 7) is 0. The maximum atomic E-state index is 10.8. The van der Waals surface area contributed by atoms with Gasteiger partial charge in [0.05, 0.1) is 5.48 Å². The molecule has 0 saturated carbocycles. The van der Waals surface area contributed by atoms with Crippen molar-refractivity contribution in [3.63, 3.8) is 0 Å². The summed E-state index contributed by atoms with van der Waals surface area (Å²) in [6, 6.07) is -5.46. The van der Waals surface area contributed by atoms with Crippen LogP contribution in [0.15, 0.2) is 18.1 Å². The van der Waals surface area contributed by atoms with E-state index >= 15 is 0 Å². The number of hydrogen-bond donors (Lipinski definition) is 4. The fourth-order valence-corrected chi connectivity index (χ4v) is 0.693. The number of phenols is 2. The molecule has 0 heterocycles. The molecule has 2 atom stereocenters. The number of carbonyl (C=O) groups is 1. The highest BCUT2D eigenvalue weighted by Crippen LogP contribution is 2.25. The van der Waals surface area contributed by atoms with Gasteiger partial charge >= 0.3 is 5.97 Å². The average molecular weight is 202 g/mol. The number of carboxylic acid groups (broad SMARTS) is 1. The Morgan fingerprint density at radius 2 is 2.29 bits per heavy atom. The van der Waals surface area contributed by atoms with E-state index in [0.29, 0.717) is 0 Å². The molecular weight excluding hydrogens is 186 g/mol. The van der Waals surface area contributed by atoms with Crippen molar-refractivity contribution in [2.24, 2.45) is 5.73 Å². The molecule has 0 aliphatic carbocycles. The van der Waals surface area contributed by atoms with Crippen LogP contribution in [0, 0.1) is 0 Å². The van der Waals surface area contributed by atoms with Gasteiger partial charge in [-0.3, -0.25) is 4.79 Å². The lowest BCUT2D eigenvalue weighted by Gasteiger charge is -2.06. The molecule has 0 radical (unpaired) electrons. The predicted octanol–water partition coefficient (Wildman–Crippen LogP) is 0.0522. The second kappa shape index (κ2) is 3.97. The highest BCUT2D eigenvalue weighted by atomic mass is 16.4. The molecule has 5 N–H and O–H groups in total. The molecule has 5 nitrogen and oxygen atoms in total. The van der Waals surface area contributed by atoms with E-state index in [-0.39, 0.29) is 0 Å². The molecule has 1 aromatic rings. The molecule has 1 unspecified atom stereocenters. The average Bonchev–Trinajstić information content (AvgIpc) is 2.33. The summed E-state index contributed by atoms with van der Waals surface area (Å²) in [5.41, 5.74) is 4.41. The molecule has 0 saturated heterocycles. The maximum absolute atomic E-state index is 10.8. The summed E-state index contributed by atoms with van der Waals surface area (Å²) < 4.78 is 37.2. The summed E-state index contributed by atoms with van der Waals surface area (Å²) >= 11 is 0. The van der Waals surface area contributed by atoms with E-state index in [2.05, 4.69) is 0 Å². The van der Waals surface area contributed by atoms with Gasteiger partial charge in [0.2, 0.25) is 0 Å². The zero-order valence-corrected chi connectivity index (χ0v) is 6.90. The number of aromatic hydroxyl groups is 2. The van der Waals surface area contributed by atoms with Crippen molar-refractivity contribution in [1.82, 2.24) is 0 Å². The van der Waals surface area contributed by atoms with Crippen LogP contribution < -0.4 is 5.73 Å². The van der Waals surface area contributed by atoms with Gasteiger partial charge in [-0.1, -0.05) is 6.04 Å². The Morgan fingerprint density at radius 3 is 2.86 bits per heavy atom. The van der Waals surface area contributed by atoms with E-state index in [0.717, 1.165) is 0 Å². The SMILES string of the molecule is [2H]c1c([2H])c(C([2H])[C@]([2H])(N)C(=O)O)c([2H])c(O)c1O. The number of nitrogens with two attached hydrogens (primary N) is 1. The monoisotopic (exact) mass is 202 g/mol. The van der Waals surface area contributed by atoms with E-state index in [9.17, 15) is 15.0 Å². The minimum absolute atomic E-state index is 0.708. The van der Waals surface area contributed by atoms with Crippen LogP contribution in [0.3, 0.4) is 0 Å². The van der Waals surface area contributed by atoms with Crippen LogP contribution in [0.4, 0.5) is 0 Å². The van der Waals surface area contributed by atoms with Crippen LogP contribution in [-0.4, -0.2) is 27.3 Å². The Bertz CT molecular complexity index is 519. The Balaban J connectivity index is 3.57. The largest absolute Gasteiger partial charge is 0.504 e. The molecule has 0 spiro atoms. The van der Waals surface area contributed by atoms with Gasteiger partial charge in [0.25, 0.3) is 0 Å². The molecule has 14 heavy (non-hydrogen) atoms. The second-order valence-electron chi connectivity index (χ2n) is 2.39. The summed E-state index contributed by atoms with van der Waals surface area (Å²) in [5.74, 6) is -3.94. The number of phenolic OH excluding ortho intramolecular Hbond substituents is 2. The predicted molar refractivity (Wildman–Crippen MR) is 49.1 cm³/mol. The molecule has 0 fully saturated rings. The lowest BCUT2D eigenvalue weighted by molar-refractivity contribution is -0.138. The van der Waals surface area contributed by atoms with Gasteiger partial charge in [0, 0.05) is 1.37 Å². The number of benzene rings is 1. The van der Waals surface area contributed by atoms with Crippen LogP contribution in [-0.2, 0) is 11.2 Å². The van der Waals surface area contributed by atoms with E-state index in [4.69, 9.17) is 17.7 Å². The minimum atomic E-state index is -2.86. The standard InChI is InChI=1S/C9H11NO4/c10-6(9(13)14)3-5-1-2-7(11)8(12)4-5/h1-2,4,6,11-12H,3,10H2,(H,13,14)/t6-/m0/s1/i1D,2D,3D,4D,6D/t3?,6-. The fraction of sp³-hybridized carbons (Fsp3) is 0.222. The van der Waals surface area contributed by atoms with Crippen molar-refractivity contribution in [1.29, 1.82) is 0 Å². The van der Waals surface area contributed by atoms with E-state index in [1.807, 2.05) is 0 Å². The normalized spacial score (nSPS) is 21.9. The number of aliphatic carboxylic acids is 1. The van der Waals surface area contributed by atoms with Gasteiger partial charge in [0.1, 0.15) is 6.02 Å². The lowest BCUT2D eigenvalue weighted by Crippen LogP contribution is -2.32. The summed E-state index contributed by atoms with van der Waals surface area (Å²) in [7, 11) is 0. The third-order valence-corrected chi connectivity index (χ3v) is 1.34. The molecule has 0 aromatic heterocycles. The van der Waals surface area contributed by atoms with E-state index in [1.165, 1.54) is 0 Å². The van der Waals surface area contributed by atoms with Gasteiger partial charge < -0.3 is 21.1 Å². The number of hydrogen-bond acceptors (Lipinski definition) is 4. The zero-order valence-electron chi connectivity index (χ0n) is 11.9. The van der Waals surface area contributed by atoms with Crippen molar-refractivity contribution >= 4 is 5.97 Å². The highest BCUT2D eigenvalue weighted by molar-refractivity contribution is 5.73. The first-order valence-electron chi connectivity index (χ1n) is 6.07. The second-order valence-corrected chi connectivity index (χ2v) is 2.39. The van der Waals surface area contributed by atoms with Crippen molar-refractivity contribution in [3.8, 4) is 11.5 Å². The van der Waals surface area contributed by atoms with E-state index < -0.39 is 53.6 Å². The highest BCUT2D eigenvalue weighted by Gasteiger charge is 2.12. The number of carboxylic acids is 1. The van der Waals surface area contributed by atoms with Crippen LogP contribution in [0.1, 0.15) is 12.4 Å². The van der Waals surface area contributed by atoms with Crippen LogP contribution >= 0.6 is 0 Å². The van der Waals surface area contributed by atoms with Crippen LogP contribution in [0.5, 0.6) is 11.5 Å². The molecule has 1 aromatic carbocycles. The Kier molecular flexibility index (Phi) is 1.48. The molecule has 0 aliphatic rings. The molecule has 76 valence electrons. The van der Waals surface area contributed by atoms with Gasteiger partial charge in [0.15, 0.2) is 11.5 Å². The minimum Gasteiger partial charge on any atom is -0.504 e. The first kappa shape index (κ1) is 5.21. The van der Waals surface area contributed by atoms with Crippen LogP contribution in [0.2, 0.25) is 0 Å². The molecular formula is C9H11NO4. The lowest BCUT2D eigenvalue weighted by atomic mass is 10.1. The van der Waals surface area contributed by atoms with Gasteiger partial charge in [-0.2, -0.15) is 0 Å². The first-order chi connectivity index (χ1) is 8.53. The van der Waals surface area contributed by atoms with Gasteiger partial charge in [-0.05, 0) is 24.0 Å². The van der Waals surface area contributed by atoms with Crippen molar-refractivity contribution in [2.75, 3.05) is 0 Å². The van der Waals surface area contributed by atoms with E-state index in [1.54, 1.807) is 0 Å². The van der Waals surface area contributed by atoms with Gasteiger partial charge in [-0.25, -0.2) is 0 Å². The van der Waals surface area contributed by atoms with Crippen LogP contribution in [0.25, 0.3) is 0 Å². The number of rotatable bonds is 3. The third-order valence-electron chi connectivity index (χ3n) is 1.34. The Morgan fingerprint density at radius 1 is 1.64 bits per heavy atom. The Hall–Kier alpha value is -1.75. The molecule has 0 bridgehead atoms. The summed E-state index contributed by atoms with van der Waals surface area (Å²) in [6.07, 6.45) is -2.08. The molecule has 1 rings (SSSR count). The Labute approximate surface area is 87.4 Å². The summed E-state index contributed by atoms with van der Waals surface area (Å²) in [4.78, 5) is 10.8. The topological polar surface area (TPSA) is 104 Å².